The van der Waals surface area contributed by atoms with E-state index in [0.717, 1.165) is 25.7 Å². The highest BCUT2D eigenvalue weighted by Crippen LogP contribution is 2.11. The standard InChI is InChI=1S/C6H11N.C6H10O/c2*1-2-6-3-4-7-5-6/h2,6-7H,1,3-5H2;2,6H,1,3-5H2. The molecule has 0 bridgehead atoms. The Hall–Kier alpha value is -0.600. The molecule has 2 atom stereocenters. The Balaban J connectivity index is 0.000000140. The highest BCUT2D eigenvalue weighted by atomic mass is 16.5. The molecule has 0 amide bonds. The summed E-state index contributed by atoms with van der Waals surface area (Å²) in [5.74, 6) is 1.39. The van der Waals surface area contributed by atoms with Gasteiger partial charge in [0.05, 0.1) is 6.61 Å². The molecular weight excluding hydrogens is 174 g/mol. The van der Waals surface area contributed by atoms with Gasteiger partial charge in [-0.2, -0.15) is 0 Å². The van der Waals surface area contributed by atoms with E-state index in [9.17, 15) is 0 Å². The molecule has 2 heterocycles. The molecule has 2 rings (SSSR count). The Labute approximate surface area is 87.0 Å². The highest BCUT2D eigenvalue weighted by Gasteiger charge is 2.10. The minimum atomic E-state index is 0.639. The van der Waals surface area contributed by atoms with E-state index < -0.39 is 0 Å². The summed E-state index contributed by atoms with van der Waals surface area (Å²) in [7, 11) is 0. The number of nitrogens with one attached hydrogen (secondary N) is 1. The zero-order valence-electron chi connectivity index (χ0n) is 8.87. The van der Waals surface area contributed by atoms with Crippen LogP contribution in [-0.4, -0.2) is 26.3 Å². The van der Waals surface area contributed by atoms with Gasteiger partial charge >= 0.3 is 0 Å². The maximum Gasteiger partial charge on any atom is 0.0529 e. The lowest BCUT2D eigenvalue weighted by Gasteiger charge is -1.93. The van der Waals surface area contributed by atoms with Crippen molar-refractivity contribution in [3.8, 4) is 0 Å². The third-order valence-corrected chi connectivity index (χ3v) is 2.73. The number of rotatable bonds is 2. The molecule has 80 valence electrons. The molecule has 0 radical (unpaired) electrons. The van der Waals surface area contributed by atoms with Crippen LogP contribution in [0.1, 0.15) is 12.8 Å². The highest BCUT2D eigenvalue weighted by molar-refractivity contribution is 4.85. The minimum Gasteiger partial charge on any atom is -0.381 e. The molecule has 0 saturated carbocycles. The van der Waals surface area contributed by atoms with Gasteiger partial charge in [-0.05, 0) is 25.3 Å². The third kappa shape index (κ3) is 4.07. The topological polar surface area (TPSA) is 21.3 Å². The van der Waals surface area contributed by atoms with Crippen molar-refractivity contribution in [3.63, 3.8) is 0 Å². The largest absolute Gasteiger partial charge is 0.381 e. The van der Waals surface area contributed by atoms with Gasteiger partial charge in [0.15, 0.2) is 0 Å². The summed E-state index contributed by atoms with van der Waals surface area (Å²) in [6.07, 6.45) is 6.44. The van der Waals surface area contributed by atoms with E-state index in [1.165, 1.54) is 19.4 Å². The van der Waals surface area contributed by atoms with Crippen molar-refractivity contribution in [1.82, 2.24) is 5.32 Å². The Bertz CT molecular complexity index is 147. The quantitative estimate of drug-likeness (QED) is 0.680. The SMILES string of the molecule is C=CC1CCNC1.C=CC1CCOC1. The molecule has 2 aliphatic heterocycles. The molecule has 2 fully saturated rings. The van der Waals surface area contributed by atoms with Crippen LogP contribution in [0, 0.1) is 11.8 Å². The van der Waals surface area contributed by atoms with E-state index in [1.54, 1.807) is 0 Å². The predicted molar refractivity (Wildman–Crippen MR) is 60.3 cm³/mol. The van der Waals surface area contributed by atoms with Gasteiger partial charge in [-0.25, -0.2) is 0 Å². The Morgan fingerprint density at radius 2 is 1.93 bits per heavy atom. The van der Waals surface area contributed by atoms with E-state index in [4.69, 9.17) is 4.74 Å². The summed E-state index contributed by atoms with van der Waals surface area (Å²) in [5.41, 5.74) is 0. The van der Waals surface area contributed by atoms with Crippen LogP contribution in [0.25, 0.3) is 0 Å². The first kappa shape index (κ1) is 11.5. The maximum absolute atomic E-state index is 5.08. The lowest BCUT2D eigenvalue weighted by Crippen LogP contribution is -2.06. The van der Waals surface area contributed by atoms with Crippen molar-refractivity contribution in [1.29, 1.82) is 0 Å². The van der Waals surface area contributed by atoms with Crippen molar-refractivity contribution < 1.29 is 4.74 Å². The molecule has 2 heteroatoms. The molecule has 1 N–H and O–H groups in total. The second-order valence-electron chi connectivity index (χ2n) is 3.85. The van der Waals surface area contributed by atoms with Gasteiger partial charge in [0.1, 0.15) is 0 Å². The predicted octanol–water partition coefficient (Wildman–Crippen LogP) is 1.99. The molecule has 2 saturated heterocycles. The fraction of sp³-hybridized carbons (Fsp3) is 0.667. The van der Waals surface area contributed by atoms with Crippen LogP contribution in [-0.2, 0) is 4.74 Å². The molecule has 0 aromatic rings. The minimum absolute atomic E-state index is 0.639. The van der Waals surface area contributed by atoms with Gasteiger partial charge in [0, 0.05) is 19.1 Å². The number of ether oxygens (including phenoxy) is 1. The molecule has 0 spiro atoms. The normalized spacial score (nSPS) is 30.6. The van der Waals surface area contributed by atoms with Crippen LogP contribution in [0.3, 0.4) is 0 Å². The average molecular weight is 195 g/mol. The average Bonchev–Trinajstić information content (AvgIpc) is 2.92. The van der Waals surface area contributed by atoms with Gasteiger partial charge in [-0.3, -0.25) is 0 Å². The summed E-state index contributed by atoms with van der Waals surface area (Å²) < 4.78 is 5.08. The van der Waals surface area contributed by atoms with Crippen LogP contribution in [0.4, 0.5) is 0 Å². The first-order valence-corrected chi connectivity index (χ1v) is 5.40. The molecule has 0 aromatic heterocycles. The monoisotopic (exact) mass is 195 g/mol. The lowest BCUT2D eigenvalue weighted by atomic mass is 10.1. The second-order valence-corrected chi connectivity index (χ2v) is 3.85. The van der Waals surface area contributed by atoms with Crippen molar-refractivity contribution in [2.75, 3.05) is 26.3 Å². The van der Waals surface area contributed by atoms with Crippen LogP contribution < -0.4 is 5.32 Å². The van der Waals surface area contributed by atoms with Crippen molar-refractivity contribution in [3.05, 3.63) is 25.3 Å². The summed E-state index contributed by atoms with van der Waals surface area (Å²) in [5, 5.41) is 3.25. The van der Waals surface area contributed by atoms with Gasteiger partial charge in [0.2, 0.25) is 0 Å². The van der Waals surface area contributed by atoms with E-state index in [2.05, 4.69) is 18.5 Å². The van der Waals surface area contributed by atoms with Gasteiger partial charge < -0.3 is 10.1 Å². The van der Waals surface area contributed by atoms with E-state index in [1.807, 2.05) is 12.2 Å². The summed E-state index contributed by atoms with van der Waals surface area (Å²) >= 11 is 0. The molecule has 14 heavy (non-hydrogen) atoms. The van der Waals surface area contributed by atoms with Gasteiger partial charge in [0.25, 0.3) is 0 Å². The van der Waals surface area contributed by atoms with E-state index in [0.29, 0.717) is 5.92 Å². The zero-order chi connectivity index (χ0) is 10.2. The smallest absolute Gasteiger partial charge is 0.0529 e. The van der Waals surface area contributed by atoms with E-state index in [-0.39, 0.29) is 0 Å². The number of hydrogen-bond donors (Lipinski definition) is 1. The summed E-state index contributed by atoms with van der Waals surface area (Å²) in [6, 6.07) is 0. The molecule has 0 aliphatic carbocycles. The van der Waals surface area contributed by atoms with Crippen LogP contribution in [0.5, 0.6) is 0 Å². The Kier molecular flexibility index (Phi) is 5.57. The van der Waals surface area contributed by atoms with Crippen LogP contribution in [0.2, 0.25) is 0 Å². The van der Waals surface area contributed by atoms with Crippen LogP contribution in [0.15, 0.2) is 25.3 Å². The van der Waals surface area contributed by atoms with Crippen LogP contribution >= 0.6 is 0 Å². The van der Waals surface area contributed by atoms with Crippen molar-refractivity contribution >= 4 is 0 Å². The summed E-state index contributed by atoms with van der Waals surface area (Å²) in [4.78, 5) is 0. The first-order chi connectivity index (χ1) is 6.86. The first-order valence-electron chi connectivity index (χ1n) is 5.40. The zero-order valence-corrected chi connectivity index (χ0v) is 8.87. The van der Waals surface area contributed by atoms with Crippen molar-refractivity contribution in [2.45, 2.75) is 12.8 Å². The Morgan fingerprint density at radius 3 is 2.21 bits per heavy atom. The molecule has 2 unspecified atom stereocenters. The lowest BCUT2D eigenvalue weighted by molar-refractivity contribution is 0.191. The maximum atomic E-state index is 5.08. The fourth-order valence-electron chi connectivity index (χ4n) is 1.62. The van der Waals surface area contributed by atoms with Gasteiger partial charge in [-0.1, -0.05) is 12.2 Å². The summed E-state index contributed by atoms with van der Waals surface area (Å²) in [6.45, 7) is 11.5. The molecule has 2 aliphatic rings. The second kappa shape index (κ2) is 6.80. The van der Waals surface area contributed by atoms with E-state index >= 15 is 0 Å². The van der Waals surface area contributed by atoms with Gasteiger partial charge in [-0.15, -0.1) is 13.2 Å². The van der Waals surface area contributed by atoms with Crippen molar-refractivity contribution in [2.24, 2.45) is 11.8 Å². The molecule has 0 aromatic carbocycles. The molecular formula is C12H21NO. The molecule has 2 nitrogen and oxygen atoms in total. The fourth-order valence-corrected chi connectivity index (χ4v) is 1.62. The number of hydrogen-bond acceptors (Lipinski definition) is 2. The Morgan fingerprint density at radius 1 is 1.14 bits per heavy atom. The third-order valence-electron chi connectivity index (χ3n) is 2.73.